The summed E-state index contributed by atoms with van der Waals surface area (Å²) in [5.41, 5.74) is 2.63. The first kappa shape index (κ1) is 16.6. The van der Waals surface area contributed by atoms with Crippen molar-refractivity contribution in [2.75, 3.05) is 35.4 Å². The third kappa shape index (κ3) is 3.69. The second kappa shape index (κ2) is 7.15. The van der Waals surface area contributed by atoms with Gasteiger partial charge in [-0.3, -0.25) is 0 Å². The van der Waals surface area contributed by atoms with Gasteiger partial charge in [-0.2, -0.15) is 0 Å². The Morgan fingerprint density at radius 3 is 2.38 bits per heavy atom. The van der Waals surface area contributed by atoms with Crippen LogP contribution in [-0.4, -0.2) is 25.9 Å². The van der Waals surface area contributed by atoms with E-state index in [0.29, 0.717) is 17.2 Å². The molecule has 1 fully saturated rings. The molecule has 2 heterocycles. The second-order valence-corrected chi connectivity index (χ2v) is 6.86. The van der Waals surface area contributed by atoms with E-state index in [2.05, 4.69) is 34.6 Å². The number of urea groups is 1. The molecule has 1 saturated heterocycles. The monoisotopic (exact) mass is 353 g/mol. The quantitative estimate of drug-likeness (QED) is 0.864. The Morgan fingerprint density at radius 1 is 0.962 bits per heavy atom. The van der Waals surface area contributed by atoms with E-state index in [1.54, 1.807) is 18.2 Å². The maximum atomic E-state index is 12.2. The van der Waals surface area contributed by atoms with Gasteiger partial charge in [0.1, 0.15) is 0 Å². The Hall–Kier alpha value is -2.89. The minimum Gasteiger partial charge on any atom is -0.454 e. The van der Waals surface area contributed by atoms with Crippen molar-refractivity contribution in [3.05, 3.63) is 42.5 Å². The predicted molar refractivity (Wildman–Crippen MR) is 102 cm³/mol. The lowest BCUT2D eigenvalue weighted by Gasteiger charge is -2.32. The summed E-state index contributed by atoms with van der Waals surface area (Å²) in [5, 5.41) is 5.66. The topological polar surface area (TPSA) is 62.8 Å². The lowest BCUT2D eigenvalue weighted by atomic mass is 9.99. The van der Waals surface area contributed by atoms with Crippen LogP contribution in [0.25, 0.3) is 0 Å². The Balaban J connectivity index is 1.34. The molecule has 0 aliphatic carbocycles. The molecule has 136 valence electrons. The van der Waals surface area contributed by atoms with Crippen LogP contribution in [0.1, 0.15) is 19.8 Å². The number of carbonyl (C=O) groups excluding carboxylic acids is 1. The van der Waals surface area contributed by atoms with Crippen molar-refractivity contribution >= 4 is 23.1 Å². The van der Waals surface area contributed by atoms with E-state index in [0.717, 1.165) is 24.7 Å². The largest absolute Gasteiger partial charge is 0.454 e. The SMILES string of the molecule is CC1CCN(c2ccc(NC(=O)Nc3ccc4c(c3)OCO4)cc2)CC1. The van der Waals surface area contributed by atoms with Crippen LogP contribution >= 0.6 is 0 Å². The van der Waals surface area contributed by atoms with Gasteiger partial charge in [-0.15, -0.1) is 0 Å². The van der Waals surface area contributed by atoms with Gasteiger partial charge in [0.25, 0.3) is 0 Å². The highest BCUT2D eigenvalue weighted by Crippen LogP contribution is 2.34. The van der Waals surface area contributed by atoms with Gasteiger partial charge >= 0.3 is 6.03 Å². The lowest BCUT2D eigenvalue weighted by Crippen LogP contribution is -2.32. The number of fused-ring (bicyclic) bond motifs is 1. The van der Waals surface area contributed by atoms with Gasteiger partial charge in [-0.05, 0) is 55.2 Å². The van der Waals surface area contributed by atoms with Gasteiger partial charge < -0.3 is 25.0 Å². The van der Waals surface area contributed by atoms with Crippen LogP contribution in [0.15, 0.2) is 42.5 Å². The smallest absolute Gasteiger partial charge is 0.323 e. The number of piperidine rings is 1. The van der Waals surface area contributed by atoms with Crippen LogP contribution in [0.4, 0.5) is 21.9 Å². The van der Waals surface area contributed by atoms with Crippen molar-refractivity contribution in [2.45, 2.75) is 19.8 Å². The highest BCUT2D eigenvalue weighted by atomic mass is 16.7. The van der Waals surface area contributed by atoms with E-state index in [9.17, 15) is 4.79 Å². The van der Waals surface area contributed by atoms with E-state index in [1.165, 1.54) is 18.5 Å². The first-order valence-electron chi connectivity index (χ1n) is 9.00. The van der Waals surface area contributed by atoms with E-state index in [-0.39, 0.29) is 12.8 Å². The molecule has 0 saturated carbocycles. The maximum absolute atomic E-state index is 12.2. The van der Waals surface area contributed by atoms with Crippen LogP contribution in [0.5, 0.6) is 11.5 Å². The Labute approximate surface area is 153 Å². The zero-order chi connectivity index (χ0) is 17.9. The minimum atomic E-state index is -0.289. The number of carbonyl (C=O) groups is 1. The average Bonchev–Trinajstić information content (AvgIpc) is 3.11. The Morgan fingerprint density at radius 2 is 1.62 bits per heavy atom. The van der Waals surface area contributed by atoms with Crippen LogP contribution in [-0.2, 0) is 0 Å². The summed E-state index contributed by atoms with van der Waals surface area (Å²) in [7, 11) is 0. The van der Waals surface area contributed by atoms with E-state index in [4.69, 9.17) is 9.47 Å². The fourth-order valence-electron chi connectivity index (χ4n) is 3.29. The molecule has 0 radical (unpaired) electrons. The zero-order valence-electron chi connectivity index (χ0n) is 14.8. The predicted octanol–water partition coefficient (Wildman–Crippen LogP) is 4.30. The molecule has 26 heavy (non-hydrogen) atoms. The summed E-state index contributed by atoms with van der Waals surface area (Å²) in [5.74, 6) is 2.15. The molecule has 0 aromatic heterocycles. The molecule has 0 bridgehead atoms. The summed E-state index contributed by atoms with van der Waals surface area (Å²) >= 11 is 0. The van der Waals surface area contributed by atoms with Crippen LogP contribution < -0.4 is 25.0 Å². The average molecular weight is 353 g/mol. The highest BCUT2D eigenvalue weighted by molar-refractivity contribution is 6.00. The number of ether oxygens (including phenoxy) is 2. The third-order valence-electron chi connectivity index (χ3n) is 4.90. The molecule has 2 aliphatic rings. The molecule has 2 aliphatic heterocycles. The van der Waals surface area contributed by atoms with Gasteiger partial charge in [-0.1, -0.05) is 6.92 Å². The van der Waals surface area contributed by atoms with Crippen molar-refractivity contribution in [2.24, 2.45) is 5.92 Å². The maximum Gasteiger partial charge on any atom is 0.323 e. The van der Waals surface area contributed by atoms with Crippen molar-refractivity contribution in [3.8, 4) is 11.5 Å². The minimum absolute atomic E-state index is 0.216. The Kier molecular flexibility index (Phi) is 4.56. The van der Waals surface area contributed by atoms with Crippen LogP contribution in [0.2, 0.25) is 0 Å². The van der Waals surface area contributed by atoms with Crippen molar-refractivity contribution in [1.29, 1.82) is 0 Å². The number of amides is 2. The first-order valence-corrected chi connectivity index (χ1v) is 9.00. The molecular formula is C20H23N3O3. The molecule has 2 aromatic carbocycles. The number of nitrogens with one attached hydrogen (secondary N) is 2. The molecule has 0 atom stereocenters. The summed E-state index contributed by atoms with van der Waals surface area (Å²) in [6.07, 6.45) is 2.47. The van der Waals surface area contributed by atoms with E-state index in [1.807, 2.05) is 12.1 Å². The van der Waals surface area contributed by atoms with Crippen LogP contribution in [0.3, 0.4) is 0 Å². The third-order valence-corrected chi connectivity index (χ3v) is 4.90. The number of hydrogen-bond acceptors (Lipinski definition) is 4. The molecule has 0 unspecified atom stereocenters. The first-order chi connectivity index (χ1) is 12.7. The number of hydrogen-bond donors (Lipinski definition) is 2. The summed E-state index contributed by atoms with van der Waals surface area (Å²) < 4.78 is 10.6. The second-order valence-electron chi connectivity index (χ2n) is 6.86. The van der Waals surface area contributed by atoms with Crippen molar-refractivity contribution < 1.29 is 14.3 Å². The van der Waals surface area contributed by atoms with Gasteiger partial charge in [0.2, 0.25) is 6.79 Å². The van der Waals surface area contributed by atoms with Gasteiger partial charge in [-0.25, -0.2) is 4.79 Å². The molecule has 6 nitrogen and oxygen atoms in total. The highest BCUT2D eigenvalue weighted by Gasteiger charge is 2.16. The molecule has 0 spiro atoms. The van der Waals surface area contributed by atoms with E-state index >= 15 is 0 Å². The van der Waals surface area contributed by atoms with Gasteiger partial charge in [0.05, 0.1) is 0 Å². The molecule has 2 N–H and O–H groups in total. The molecule has 6 heteroatoms. The fraction of sp³-hybridized carbons (Fsp3) is 0.350. The van der Waals surface area contributed by atoms with Crippen molar-refractivity contribution in [1.82, 2.24) is 0 Å². The number of nitrogens with zero attached hydrogens (tertiary/aromatic N) is 1. The van der Waals surface area contributed by atoms with E-state index < -0.39 is 0 Å². The molecular weight excluding hydrogens is 330 g/mol. The fourth-order valence-corrected chi connectivity index (χ4v) is 3.29. The molecule has 4 rings (SSSR count). The number of benzene rings is 2. The van der Waals surface area contributed by atoms with Crippen molar-refractivity contribution in [3.63, 3.8) is 0 Å². The zero-order valence-corrected chi connectivity index (χ0v) is 14.8. The van der Waals surface area contributed by atoms with Gasteiger partial charge in [0.15, 0.2) is 11.5 Å². The summed E-state index contributed by atoms with van der Waals surface area (Å²) in [6, 6.07) is 13.0. The number of rotatable bonds is 3. The van der Waals surface area contributed by atoms with Crippen LogP contribution in [0, 0.1) is 5.92 Å². The standard InChI is InChI=1S/C20H23N3O3/c1-14-8-10-23(11-9-14)17-5-2-15(3-6-17)21-20(24)22-16-4-7-18-19(12-16)26-13-25-18/h2-7,12,14H,8-11,13H2,1H3,(H2,21,22,24). The summed E-state index contributed by atoms with van der Waals surface area (Å²) in [4.78, 5) is 14.6. The Bertz CT molecular complexity index is 783. The summed E-state index contributed by atoms with van der Waals surface area (Å²) in [6.45, 7) is 4.72. The van der Waals surface area contributed by atoms with Gasteiger partial charge in [0, 0.05) is 36.2 Å². The number of anilines is 3. The molecule has 2 amide bonds. The lowest BCUT2D eigenvalue weighted by molar-refractivity contribution is 0.174. The normalized spacial score (nSPS) is 16.4. The molecule has 2 aromatic rings.